The van der Waals surface area contributed by atoms with E-state index in [1.165, 1.54) is 0 Å². The van der Waals surface area contributed by atoms with Gasteiger partial charge < -0.3 is 10.1 Å². The van der Waals surface area contributed by atoms with Crippen LogP contribution in [0.4, 0.5) is 11.4 Å². The molecular formula is C19H16Cl2N2O3. The lowest BCUT2D eigenvalue weighted by Crippen LogP contribution is -2.32. The van der Waals surface area contributed by atoms with Crippen molar-refractivity contribution in [2.45, 2.75) is 13.8 Å². The first-order valence-electron chi connectivity index (χ1n) is 7.97. The molecule has 26 heavy (non-hydrogen) atoms. The number of rotatable bonds is 5. The summed E-state index contributed by atoms with van der Waals surface area (Å²) in [7, 11) is 0. The molecule has 0 spiro atoms. The first kappa shape index (κ1) is 18.3. The maximum absolute atomic E-state index is 12.8. The predicted octanol–water partition coefficient (Wildman–Crippen LogP) is 4.48. The Kier molecular flexibility index (Phi) is 5.20. The molecule has 5 nitrogen and oxygen atoms in total. The van der Waals surface area contributed by atoms with Crippen molar-refractivity contribution in [2.24, 2.45) is 0 Å². The molecule has 0 radical (unpaired) electrons. The number of nitrogens with zero attached hydrogens (tertiary/aromatic N) is 1. The first-order valence-corrected chi connectivity index (χ1v) is 8.72. The molecule has 0 unspecified atom stereocenters. The van der Waals surface area contributed by atoms with E-state index < -0.39 is 11.8 Å². The Morgan fingerprint density at radius 3 is 2.35 bits per heavy atom. The first-order chi connectivity index (χ1) is 12.4. The highest BCUT2D eigenvalue weighted by molar-refractivity contribution is 6.53. The Morgan fingerprint density at radius 2 is 1.73 bits per heavy atom. The molecule has 134 valence electrons. The van der Waals surface area contributed by atoms with Gasteiger partial charge in [-0.15, -0.1) is 0 Å². The van der Waals surface area contributed by atoms with Crippen LogP contribution in [0.15, 0.2) is 53.2 Å². The number of aryl methyl sites for hydroxylation is 1. The van der Waals surface area contributed by atoms with Crippen LogP contribution >= 0.6 is 23.2 Å². The zero-order chi connectivity index (χ0) is 18.8. The van der Waals surface area contributed by atoms with Crippen LogP contribution in [-0.4, -0.2) is 18.4 Å². The number of carbonyl (C=O) groups is 2. The summed E-state index contributed by atoms with van der Waals surface area (Å²) in [4.78, 5) is 26.3. The highest BCUT2D eigenvalue weighted by atomic mass is 35.5. The number of imide groups is 1. The van der Waals surface area contributed by atoms with Gasteiger partial charge in [0.25, 0.3) is 11.8 Å². The lowest BCUT2D eigenvalue weighted by molar-refractivity contribution is -0.120. The van der Waals surface area contributed by atoms with Gasteiger partial charge in [0.1, 0.15) is 16.5 Å². The largest absolute Gasteiger partial charge is 0.494 e. The molecule has 1 aliphatic rings. The number of benzene rings is 2. The Labute approximate surface area is 161 Å². The van der Waals surface area contributed by atoms with Crippen molar-refractivity contribution >= 4 is 46.4 Å². The van der Waals surface area contributed by atoms with E-state index in [0.29, 0.717) is 34.3 Å². The van der Waals surface area contributed by atoms with E-state index in [1.54, 1.807) is 49.4 Å². The van der Waals surface area contributed by atoms with Gasteiger partial charge in [0.05, 0.1) is 12.3 Å². The summed E-state index contributed by atoms with van der Waals surface area (Å²) in [6, 6.07) is 12.0. The molecule has 7 heteroatoms. The molecule has 3 rings (SSSR count). The molecule has 1 N–H and O–H groups in total. The van der Waals surface area contributed by atoms with Gasteiger partial charge in [-0.2, -0.15) is 0 Å². The normalized spacial score (nSPS) is 14.2. The van der Waals surface area contributed by atoms with Gasteiger partial charge in [-0.25, -0.2) is 4.90 Å². The van der Waals surface area contributed by atoms with E-state index in [1.807, 2.05) is 6.92 Å². The van der Waals surface area contributed by atoms with Crippen molar-refractivity contribution in [3.8, 4) is 5.75 Å². The summed E-state index contributed by atoms with van der Waals surface area (Å²) in [5.74, 6) is -0.375. The van der Waals surface area contributed by atoms with E-state index in [9.17, 15) is 9.59 Å². The fraction of sp³-hybridized carbons (Fsp3) is 0.158. The maximum atomic E-state index is 12.8. The molecule has 2 amide bonds. The summed E-state index contributed by atoms with van der Waals surface area (Å²) in [5.41, 5.74) is 1.81. The molecule has 2 aromatic carbocycles. The highest BCUT2D eigenvalue weighted by Gasteiger charge is 2.39. The van der Waals surface area contributed by atoms with Crippen LogP contribution in [-0.2, 0) is 9.59 Å². The zero-order valence-electron chi connectivity index (χ0n) is 14.2. The maximum Gasteiger partial charge on any atom is 0.283 e. The third-order valence-corrected chi connectivity index (χ3v) is 4.45. The lowest BCUT2D eigenvalue weighted by atomic mass is 10.2. The Hall–Kier alpha value is -2.50. The third-order valence-electron chi connectivity index (χ3n) is 3.86. The number of ether oxygens (including phenoxy) is 1. The van der Waals surface area contributed by atoms with Gasteiger partial charge in [0.2, 0.25) is 0 Å². The predicted molar refractivity (Wildman–Crippen MR) is 103 cm³/mol. The SMILES string of the molecule is CCOc1ccc(NC2=C(Cl)C(=O)N(c3ccc(Cl)cc3C)C2=O)cc1. The van der Waals surface area contributed by atoms with E-state index in [0.717, 1.165) is 4.90 Å². The second-order valence-electron chi connectivity index (χ2n) is 5.65. The number of hydrogen-bond donors (Lipinski definition) is 1. The molecule has 1 aliphatic heterocycles. The molecule has 0 atom stereocenters. The summed E-state index contributed by atoms with van der Waals surface area (Å²) >= 11 is 12.1. The van der Waals surface area contributed by atoms with Crippen molar-refractivity contribution in [3.63, 3.8) is 0 Å². The minimum atomic E-state index is -0.574. The van der Waals surface area contributed by atoms with Crippen LogP contribution in [0, 0.1) is 6.92 Å². The van der Waals surface area contributed by atoms with Crippen LogP contribution in [0.25, 0.3) is 0 Å². The van der Waals surface area contributed by atoms with Crippen LogP contribution < -0.4 is 15.0 Å². The fourth-order valence-electron chi connectivity index (χ4n) is 2.65. The molecule has 0 bridgehead atoms. The number of halogens is 2. The number of amides is 2. The second-order valence-corrected chi connectivity index (χ2v) is 6.46. The Balaban J connectivity index is 1.86. The number of carbonyl (C=O) groups excluding carboxylic acids is 2. The molecule has 0 saturated heterocycles. The molecule has 0 fully saturated rings. The van der Waals surface area contributed by atoms with Gasteiger partial charge in [-0.05, 0) is 61.9 Å². The zero-order valence-corrected chi connectivity index (χ0v) is 15.7. The van der Waals surface area contributed by atoms with Gasteiger partial charge >= 0.3 is 0 Å². The standard InChI is InChI=1S/C19H16Cl2N2O3/c1-3-26-14-7-5-13(6-8-14)22-17-16(21)18(24)23(19(17)25)15-9-4-12(20)10-11(15)2/h4-10,22H,3H2,1-2H3. The van der Waals surface area contributed by atoms with E-state index in [4.69, 9.17) is 27.9 Å². The average Bonchev–Trinajstić information content (AvgIpc) is 2.81. The smallest absolute Gasteiger partial charge is 0.283 e. The summed E-state index contributed by atoms with van der Waals surface area (Å²) in [6.45, 7) is 4.23. The minimum Gasteiger partial charge on any atom is -0.494 e. The van der Waals surface area contributed by atoms with Crippen LogP contribution in [0.5, 0.6) is 5.75 Å². The lowest BCUT2D eigenvalue weighted by Gasteiger charge is -2.17. The number of hydrogen-bond acceptors (Lipinski definition) is 4. The summed E-state index contributed by atoms with van der Waals surface area (Å²) in [5, 5.41) is 3.30. The highest BCUT2D eigenvalue weighted by Crippen LogP contribution is 2.33. The Bertz CT molecular complexity index is 908. The third kappa shape index (κ3) is 3.41. The monoisotopic (exact) mass is 390 g/mol. The molecule has 0 aliphatic carbocycles. The summed E-state index contributed by atoms with van der Waals surface area (Å²) < 4.78 is 5.38. The van der Waals surface area contributed by atoms with Crippen molar-refractivity contribution in [1.29, 1.82) is 0 Å². The second kappa shape index (κ2) is 7.40. The van der Waals surface area contributed by atoms with Crippen LogP contribution in [0.3, 0.4) is 0 Å². The quantitative estimate of drug-likeness (QED) is 0.764. The molecule has 1 heterocycles. The molecule has 2 aromatic rings. The van der Waals surface area contributed by atoms with Crippen molar-refractivity contribution < 1.29 is 14.3 Å². The van der Waals surface area contributed by atoms with E-state index >= 15 is 0 Å². The van der Waals surface area contributed by atoms with E-state index in [2.05, 4.69) is 5.32 Å². The minimum absolute atomic E-state index is 0.0372. The van der Waals surface area contributed by atoms with E-state index in [-0.39, 0.29) is 10.7 Å². The topological polar surface area (TPSA) is 58.6 Å². The average molecular weight is 391 g/mol. The summed E-state index contributed by atoms with van der Waals surface area (Å²) in [6.07, 6.45) is 0. The van der Waals surface area contributed by atoms with Crippen LogP contribution in [0.1, 0.15) is 12.5 Å². The molecule has 0 saturated carbocycles. The van der Waals surface area contributed by atoms with Gasteiger partial charge in [-0.1, -0.05) is 23.2 Å². The fourth-order valence-corrected chi connectivity index (χ4v) is 3.08. The van der Waals surface area contributed by atoms with Crippen molar-refractivity contribution in [3.05, 3.63) is 63.8 Å². The van der Waals surface area contributed by atoms with Gasteiger partial charge in [0, 0.05) is 10.7 Å². The van der Waals surface area contributed by atoms with Gasteiger partial charge in [0.15, 0.2) is 0 Å². The number of anilines is 2. The van der Waals surface area contributed by atoms with Crippen LogP contribution in [0.2, 0.25) is 5.02 Å². The van der Waals surface area contributed by atoms with Gasteiger partial charge in [-0.3, -0.25) is 9.59 Å². The number of nitrogens with one attached hydrogen (secondary N) is 1. The van der Waals surface area contributed by atoms with Crippen molar-refractivity contribution in [2.75, 3.05) is 16.8 Å². The molecular weight excluding hydrogens is 375 g/mol. The Morgan fingerprint density at radius 1 is 1.04 bits per heavy atom. The van der Waals surface area contributed by atoms with Crippen molar-refractivity contribution in [1.82, 2.24) is 0 Å². The molecule has 0 aromatic heterocycles.